The summed E-state index contributed by atoms with van der Waals surface area (Å²) in [6.07, 6.45) is 1.56. The van der Waals surface area contributed by atoms with Crippen LogP contribution in [0.1, 0.15) is 28.1 Å². The molecular formula is C20H23FN2O3S. The van der Waals surface area contributed by atoms with Crippen molar-refractivity contribution in [3.05, 3.63) is 52.0 Å². The zero-order valence-corrected chi connectivity index (χ0v) is 16.3. The van der Waals surface area contributed by atoms with Crippen molar-refractivity contribution in [2.24, 2.45) is 5.92 Å². The number of thiophene rings is 1. The molecule has 3 rings (SSSR count). The Morgan fingerprint density at radius 2 is 2.19 bits per heavy atom. The number of hydrogen-bond acceptors (Lipinski definition) is 4. The molecule has 7 heteroatoms. The minimum absolute atomic E-state index is 0.0117. The molecule has 0 saturated carbocycles. The molecule has 0 spiro atoms. The third-order valence-electron chi connectivity index (χ3n) is 4.80. The van der Waals surface area contributed by atoms with E-state index in [0.717, 1.165) is 12.8 Å². The first kappa shape index (κ1) is 19.4. The van der Waals surface area contributed by atoms with E-state index in [0.29, 0.717) is 30.1 Å². The van der Waals surface area contributed by atoms with Crippen molar-refractivity contribution in [2.45, 2.75) is 19.4 Å². The highest BCUT2D eigenvalue weighted by atomic mass is 32.1. The Labute approximate surface area is 162 Å². The lowest BCUT2D eigenvalue weighted by molar-refractivity contribution is -0.136. The second-order valence-corrected chi connectivity index (χ2v) is 7.68. The molecule has 2 amide bonds. The second-order valence-electron chi connectivity index (χ2n) is 6.73. The number of benzene rings is 1. The van der Waals surface area contributed by atoms with Gasteiger partial charge in [-0.1, -0.05) is 12.1 Å². The van der Waals surface area contributed by atoms with E-state index < -0.39 is 5.82 Å². The van der Waals surface area contributed by atoms with Gasteiger partial charge in [0.05, 0.1) is 17.9 Å². The molecule has 1 aliphatic heterocycles. The van der Waals surface area contributed by atoms with Crippen molar-refractivity contribution in [1.29, 1.82) is 0 Å². The van der Waals surface area contributed by atoms with Crippen LogP contribution >= 0.6 is 11.3 Å². The SMILES string of the molecule is COc1ccc(CN(C)C(=O)C2CCCN(C(=O)c3cccs3)C2)cc1F. The summed E-state index contributed by atoms with van der Waals surface area (Å²) in [7, 11) is 3.13. The number of carbonyl (C=O) groups excluding carboxylic acids is 2. The monoisotopic (exact) mass is 390 g/mol. The van der Waals surface area contributed by atoms with Gasteiger partial charge in [0.15, 0.2) is 11.6 Å². The highest BCUT2D eigenvalue weighted by Crippen LogP contribution is 2.23. The number of hydrogen-bond donors (Lipinski definition) is 0. The van der Waals surface area contributed by atoms with Gasteiger partial charge in [-0.2, -0.15) is 0 Å². The molecule has 1 fully saturated rings. The number of methoxy groups -OCH3 is 1. The molecule has 2 heterocycles. The fourth-order valence-corrected chi connectivity index (χ4v) is 4.08. The van der Waals surface area contributed by atoms with Crippen LogP contribution in [0.4, 0.5) is 4.39 Å². The van der Waals surface area contributed by atoms with Crippen molar-refractivity contribution in [1.82, 2.24) is 9.80 Å². The Morgan fingerprint density at radius 3 is 2.85 bits per heavy atom. The predicted octanol–water partition coefficient (Wildman–Crippen LogP) is 3.41. The largest absolute Gasteiger partial charge is 0.494 e. The maximum absolute atomic E-state index is 13.9. The number of likely N-dealkylation sites (tertiary alicyclic amines) is 1. The first-order valence-corrected chi connectivity index (χ1v) is 9.77. The predicted molar refractivity (Wildman–Crippen MR) is 102 cm³/mol. The van der Waals surface area contributed by atoms with Gasteiger partial charge in [-0.15, -0.1) is 11.3 Å². The van der Waals surface area contributed by atoms with E-state index in [2.05, 4.69) is 0 Å². The van der Waals surface area contributed by atoms with Gasteiger partial charge >= 0.3 is 0 Å². The van der Waals surface area contributed by atoms with Crippen molar-refractivity contribution in [3.8, 4) is 5.75 Å². The zero-order valence-electron chi connectivity index (χ0n) is 15.5. The van der Waals surface area contributed by atoms with Gasteiger partial charge in [-0.3, -0.25) is 9.59 Å². The fourth-order valence-electron chi connectivity index (χ4n) is 3.39. The van der Waals surface area contributed by atoms with E-state index >= 15 is 0 Å². The van der Waals surface area contributed by atoms with Crippen LogP contribution in [-0.4, -0.2) is 48.9 Å². The molecule has 144 valence electrons. The number of amides is 2. The van der Waals surface area contributed by atoms with Gasteiger partial charge < -0.3 is 14.5 Å². The van der Waals surface area contributed by atoms with E-state index in [1.165, 1.54) is 24.5 Å². The summed E-state index contributed by atoms with van der Waals surface area (Å²) in [5.74, 6) is -0.517. The number of carbonyl (C=O) groups is 2. The highest BCUT2D eigenvalue weighted by Gasteiger charge is 2.30. The molecular weight excluding hydrogens is 367 g/mol. The first-order valence-electron chi connectivity index (χ1n) is 8.89. The van der Waals surface area contributed by atoms with E-state index in [-0.39, 0.29) is 23.5 Å². The maximum atomic E-state index is 13.9. The molecule has 0 N–H and O–H groups in total. The van der Waals surface area contributed by atoms with Crippen LogP contribution in [-0.2, 0) is 11.3 Å². The minimum Gasteiger partial charge on any atom is -0.494 e. The van der Waals surface area contributed by atoms with E-state index in [1.54, 1.807) is 29.0 Å². The molecule has 1 unspecified atom stereocenters. The van der Waals surface area contributed by atoms with Crippen LogP contribution in [0.2, 0.25) is 0 Å². The van der Waals surface area contributed by atoms with Gasteiger partial charge in [0.25, 0.3) is 5.91 Å². The summed E-state index contributed by atoms with van der Waals surface area (Å²) < 4.78 is 18.8. The fraction of sp³-hybridized carbons (Fsp3) is 0.400. The molecule has 27 heavy (non-hydrogen) atoms. The molecule has 1 aromatic heterocycles. The number of piperidine rings is 1. The molecule has 1 aliphatic rings. The molecule has 0 bridgehead atoms. The van der Waals surface area contributed by atoms with Gasteiger partial charge in [-0.05, 0) is 42.0 Å². The molecule has 2 aromatic rings. The molecule has 0 aliphatic carbocycles. The number of nitrogens with zero attached hydrogens (tertiary/aromatic N) is 2. The Hall–Kier alpha value is -2.41. The molecule has 1 aromatic carbocycles. The quantitative estimate of drug-likeness (QED) is 0.786. The summed E-state index contributed by atoms with van der Waals surface area (Å²) in [5.41, 5.74) is 0.700. The van der Waals surface area contributed by atoms with Crippen molar-refractivity contribution >= 4 is 23.2 Å². The highest BCUT2D eigenvalue weighted by molar-refractivity contribution is 7.12. The average Bonchev–Trinajstić information content (AvgIpc) is 3.22. The van der Waals surface area contributed by atoms with Gasteiger partial charge in [-0.25, -0.2) is 4.39 Å². The lowest BCUT2D eigenvalue weighted by atomic mass is 9.96. The topological polar surface area (TPSA) is 49.9 Å². The summed E-state index contributed by atoms with van der Waals surface area (Å²) in [5, 5.41) is 1.88. The Kier molecular flexibility index (Phi) is 6.11. The van der Waals surface area contributed by atoms with Gasteiger partial charge in [0.1, 0.15) is 0 Å². The number of rotatable bonds is 5. The molecule has 1 saturated heterocycles. The maximum Gasteiger partial charge on any atom is 0.263 e. The van der Waals surface area contributed by atoms with Crippen molar-refractivity contribution in [2.75, 3.05) is 27.2 Å². The Bertz CT molecular complexity index is 810. The third-order valence-corrected chi connectivity index (χ3v) is 5.66. The smallest absolute Gasteiger partial charge is 0.263 e. The van der Waals surface area contributed by atoms with Crippen LogP contribution < -0.4 is 4.74 Å². The number of halogens is 1. The standard InChI is InChI=1S/C20H23FN2O3S/c1-22(12-14-7-8-17(26-2)16(21)11-14)19(24)15-5-3-9-23(13-15)20(25)18-6-4-10-27-18/h4,6-8,10-11,15H,3,5,9,12-13H2,1-2H3. The van der Waals surface area contributed by atoms with Crippen LogP contribution in [0.5, 0.6) is 5.75 Å². The van der Waals surface area contributed by atoms with Crippen LogP contribution in [0.15, 0.2) is 35.7 Å². The summed E-state index contributed by atoms with van der Waals surface area (Å²) in [6.45, 7) is 1.42. The summed E-state index contributed by atoms with van der Waals surface area (Å²) in [6, 6.07) is 8.36. The summed E-state index contributed by atoms with van der Waals surface area (Å²) >= 11 is 1.41. The molecule has 1 atom stereocenters. The Morgan fingerprint density at radius 1 is 1.37 bits per heavy atom. The van der Waals surface area contributed by atoms with Crippen molar-refractivity contribution in [3.63, 3.8) is 0 Å². The zero-order chi connectivity index (χ0) is 19.4. The third kappa shape index (κ3) is 4.47. The van der Waals surface area contributed by atoms with E-state index in [4.69, 9.17) is 4.74 Å². The summed E-state index contributed by atoms with van der Waals surface area (Å²) in [4.78, 5) is 29.4. The Balaban J connectivity index is 1.62. The van der Waals surface area contributed by atoms with Crippen LogP contribution in [0.25, 0.3) is 0 Å². The first-order chi connectivity index (χ1) is 13.0. The second kappa shape index (κ2) is 8.52. The lowest BCUT2D eigenvalue weighted by Crippen LogP contribution is -2.45. The molecule has 0 radical (unpaired) electrons. The normalized spacial score (nSPS) is 16.9. The molecule has 5 nitrogen and oxygen atoms in total. The van der Waals surface area contributed by atoms with Crippen LogP contribution in [0.3, 0.4) is 0 Å². The van der Waals surface area contributed by atoms with E-state index in [9.17, 15) is 14.0 Å². The van der Waals surface area contributed by atoms with Crippen LogP contribution in [0, 0.1) is 11.7 Å². The van der Waals surface area contributed by atoms with Gasteiger partial charge in [0.2, 0.25) is 5.91 Å². The van der Waals surface area contributed by atoms with E-state index in [1.807, 2.05) is 17.5 Å². The number of ether oxygens (including phenoxy) is 1. The van der Waals surface area contributed by atoms with Gasteiger partial charge in [0, 0.05) is 26.7 Å². The average molecular weight is 390 g/mol. The lowest BCUT2D eigenvalue weighted by Gasteiger charge is -2.33. The van der Waals surface area contributed by atoms with Crippen molar-refractivity contribution < 1.29 is 18.7 Å². The minimum atomic E-state index is -0.443.